The van der Waals surface area contributed by atoms with E-state index in [-0.39, 0.29) is 11.5 Å². The summed E-state index contributed by atoms with van der Waals surface area (Å²) in [6, 6.07) is 8.42. The van der Waals surface area contributed by atoms with Gasteiger partial charge in [-0.3, -0.25) is 14.9 Å². The number of nitro groups is 1. The molecule has 1 aromatic carbocycles. The van der Waals surface area contributed by atoms with Gasteiger partial charge in [0.25, 0.3) is 5.91 Å². The monoisotopic (exact) mass is 262 g/mol. The summed E-state index contributed by atoms with van der Waals surface area (Å²) in [5.74, 6) is -1.16. The lowest BCUT2D eigenvalue weighted by molar-refractivity contribution is -0.402. The number of hydrogen-bond donors (Lipinski definition) is 1. The molecule has 0 saturated carbocycles. The molecule has 0 aliphatic heterocycles. The molecule has 2 aromatic rings. The standard InChI is InChI=1S/C12H10N2O5/c1-13(8-3-2-4-9(15)7-8)12(16)10-5-6-11(19-10)14(17)18/h2-7,15H,1H3. The third kappa shape index (κ3) is 2.54. The number of nitrogens with zero attached hydrogens (tertiary/aromatic N) is 2. The van der Waals surface area contributed by atoms with Gasteiger partial charge in [0.1, 0.15) is 10.7 Å². The maximum Gasteiger partial charge on any atom is 0.433 e. The van der Waals surface area contributed by atoms with E-state index in [4.69, 9.17) is 4.42 Å². The molecule has 1 heterocycles. The number of amides is 1. The van der Waals surface area contributed by atoms with Crippen LogP contribution in [0.4, 0.5) is 11.6 Å². The molecule has 0 bridgehead atoms. The SMILES string of the molecule is CN(C(=O)c1ccc([N+](=O)[O-])o1)c1cccc(O)c1. The van der Waals surface area contributed by atoms with Crippen LogP contribution in [0, 0.1) is 10.1 Å². The van der Waals surface area contributed by atoms with Crippen LogP contribution in [0.1, 0.15) is 10.6 Å². The Bertz CT molecular complexity index is 635. The minimum absolute atomic E-state index is 0.0163. The van der Waals surface area contributed by atoms with Crippen molar-refractivity contribution in [3.05, 3.63) is 52.3 Å². The van der Waals surface area contributed by atoms with Gasteiger partial charge in [-0.05, 0) is 18.2 Å². The van der Waals surface area contributed by atoms with E-state index in [2.05, 4.69) is 0 Å². The molecule has 2 rings (SSSR count). The zero-order valence-corrected chi connectivity index (χ0v) is 9.94. The van der Waals surface area contributed by atoms with Crippen molar-refractivity contribution in [3.8, 4) is 5.75 Å². The molecule has 0 aliphatic rings. The van der Waals surface area contributed by atoms with Crippen LogP contribution in [-0.2, 0) is 0 Å². The number of phenolic OH excluding ortho intramolecular Hbond substituents is 1. The van der Waals surface area contributed by atoms with Gasteiger partial charge in [0.2, 0.25) is 0 Å². The van der Waals surface area contributed by atoms with Crippen LogP contribution in [0.25, 0.3) is 0 Å². The molecule has 98 valence electrons. The Morgan fingerprint density at radius 1 is 1.37 bits per heavy atom. The fraction of sp³-hybridized carbons (Fsp3) is 0.0833. The highest BCUT2D eigenvalue weighted by Crippen LogP contribution is 2.22. The summed E-state index contributed by atoms with van der Waals surface area (Å²) in [6.45, 7) is 0. The van der Waals surface area contributed by atoms with Crippen LogP contribution in [0.5, 0.6) is 5.75 Å². The van der Waals surface area contributed by atoms with Crippen LogP contribution in [0.3, 0.4) is 0 Å². The summed E-state index contributed by atoms with van der Waals surface area (Å²) in [7, 11) is 1.48. The molecule has 0 radical (unpaired) electrons. The summed E-state index contributed by atoms with van der Waals surface area (Å²) in [6.07, 6.45) is 0. The normalized spacial score (nSPS) is 10.2. The first-order chi connectivity index (χ1) is 8.99. The lowest BCUT2D eigenvalue weighted by Crippen LogP contribution is -2.25. The smallest absolute Gasteiger partial charge is 0.433 e. The average Bonchev–Trinajstić information content (AvgIpc) is 2.86. The molecule has 0 atom stereocenters. The Labute approximate surface area is 107 Å². The fourth-order valence-electron chi connectivity index (χ4n) is 1.52. The number of phenols is 1. The zero-order chi connectivity index (χ0) is 14.0. The number of carbonyl (C=O) groups is 1. The zero-order valence-electron chi connectivity index (χ0n) is 9.94. The van der Waals surface area contributed by atoms with Crippen LogP contribution in [-0.4, -0.2) is 23.0 Å². The number of carbonyl (C=O) groups excluding carboxylic acids is 1. The third-order valence-corrected chi connectivity index (χ3v) is 2.50. The summed E-state index contributed by atoms with van der Waals surface area (Å²) < 4.78 is 4.83. The molecular formula is C12H10N2O5. The minimum Gasteiger partial charge on any atom is -0.508 e. The van der Waals surface area contributed by atoms with E-state index in [9.17, 15) is 20.0 Å². The van der Waals surface area contributed by atoms with Crippen molar-refractivity contribution >= 4 is 17.5 Å². The maximum absolute atomic E-state index is 12.0. The highest BCUT2D eigenvalue weighted by atomic mass is 16.6. The lowest BCUT2D eigenvalue weighted by atomic mass is 10.2. The Kier molecular flexibility index (Phi) is 3.19. The highest BCUT2D eigenvalue weighted by Gasteiger charge is 2.21. The molecule has 0 saturated heterocycles. The number of rotatable bonds is 3. The highest BCUT2D eigenvalue weighted by molar-refractivity contribution is 6.04. The van der Waals surface area contributed by atoms with Crippen LogP contribution in [0.2, 0.25) is 0 Å². The van der Waals surface area contributed by atoms with Crippen molar-refractivity contribution in [2.24, 2.45) is 0 Å². The average molecular weight is 262 g/mol. The molecule has 0 unspecified atom stereocenters. The van der Waals surface area contributed by atoms with Gasteiger partial charge in [-0.15, -0.1) is 0 Å². The maximum atomic E-state index is 12.0. The molecule has 1 N–H and O–H groups in total. The Morgan fingerprint density at radius 2 is 2.11 bits per heavy atom. The van der Waals surface area contributed by atoms with Crippen molar-refractivity contribution in [2.75, 3.05) is 11.9 Å². The number of hydrogen-bond acceptors (Lipinski definition) is 5. The molecular weight excluding hydrogens is 252 g/mol. The van der Waals surface area contributed by atoms with Gasteiger partial charge in [-0.1, -0.05) is 6.07 Å². The molecule has 0 aliphatic carbocycles. The van der Waals surface area contributed by atoms with E-state index in [1.807, 2.05) is 0 Å². The first-order valence-corrected chi connectivity index (χ1v) is 5.30. The van der Waals surface area contributed by atoms with E-state index >= 15 is 0 Å². The Balaban J connectivity index is 2.25. The van der Waals surface area contributed by atoms with Crippen molar-refractivity contribution in [3.63, 3.8) is 0 Å². The van der Waals surface area contributed by atoms with Gasteiger partial charge in [-0.2, -0.15) is 0 Å². The molecule has 7 heteroatoms. The molecule has 0 spiro atoms. The van der Waals surface area contributed by atoms with E-state index in [0.717, 1.165) is 6.07 Å². The van der Waals surface area contributed by atoms with Gasteiger partial charge < -0.3 is 14.4 Å². The summed E-state index contributed by atoms with van der Waals surface area (Å²) in [5.41, 5.74) is 0.448. The lowest BCUT2D eigenvalue weighted by Gasteiger charge is -2.15. The second-order valence-electron chi connectivity index (χ2n) is 3.78. The second kappa shape index (κ2) is 4.81. The number of benzene rings is 1. The van der Waals surface area contributed by atoms with Gasteiger partial charge in [0.15, 0.2) is 5.76 Å². The summed E-state index contributed by atoms with van der Waals surface area (Å²) in [5, 5.41) is 19.8. The van der Waals surface area contributed by atoms with Gasteiger partial charge in [0.05, 0.1) is 6.07 Å². The number of furan rings is 1. The minimum atomic E-state index is -0.717. The fourth-order valence-corrected chi connectivity index (χ4v) is 1.52. The van der Waals surface area contributed by atoms with E-state index in [1.54, 1.807) is 12.1 Å². The molecule has 19 heavy (non-hydrogen) atoms. The first kappa shape index (κ1) is 12.6. The molecule has 1 aromatic heterocycles. The topological polar surface area (TPSA) is 96.8 Å². The van der Waals surface area contributed by atoms with Crippen LogP contribution < -0.4 is 4.90 Å². The first-order valence-electron chi connectivity index (χ1n) is 5.30. The van der Waals surface area contributed by atoms with Gasteiger partial charge in [-0.25, -0.2) is 0 Å². The number of aromatic hydroxyl groups is 1. The van der Waals surface area contributed by atoms with E-state index in [0.29, 0.717) is 5.69 Å². The van der Waals surface area contributed by atoms with Crippen molar-refractivity contribution in [1.29, 1.82) is 0 Å². The Morgan fingerprint density at radius 3 is 2.68 bits per heavy atom. The second-order valence-corrected chi connectivity index (χ2v) is 3.78. The van der Waals surface area contributed by atoms with E-state index < -0.39 is 16.7 Å². The predicted octanol–water partition coefficient (Wildman–Crippen LogP) is 2.17. The van der Waals surface area contributed by atoms with Crippen molar-refractivity contribution < 1.29 is 19.2 Å². The largest absolute Gasteiger partial charge is 0.508 e. The quantitative estimate of drug-likeness (QED) is 0.675. The predicted molar refractivity (Wildman–Crippen MR) is 66.2 cm³/mol. The Hall–Kier alpha value is -2.83. The molecule has 1 amide bonds. The third-order valence-electron chi connectivity index (χ3n) is 2.50. The van der Waals surface area contributed by atoms with Crippen molar-refractivity contribution in [2.45, 2.75) is 0 Å². The number of anilines is 1. The molecule has 7 nitrogen and oxygen atoms in total. The summed E-state index contributed by atoms with van der Waals surface area (Å²) >= 11 is 0. The van der Waals surface area contributed by atoms with Crippen LogP contribution >= 0.6 is 0 Å². The molecule has 0 fully saturated rings. The van der Waals surface area contributed by atoms with Gasteiger partial charge in [0, 0.05) is 18.8 Å². The van der Waals surface area contributed by atoms with E-state index in [1.165, 1.54) is 30.1 Å². The van der Waals surface area contributed by atoms with Crippen LogP contribution in [0.15, 0.2) is 40.8 Å². The van der Waals surface area contributed by atoms with Crippen molar-refractivity contribution in [1.82, 2.24) is 0 Å². The summed E-state index contributed by atoms with van der Waals surface area (Å²) in [4.78, 5) is 23.0. The van der Waals surface area contributed by atoms with Gasteiger partial charge >= 0.3 is 5.88 Å².